The number of carbonyl (C=O) groups excluding carboxylic acids is 1. The Labute approximate surface area is 182 Å². The molecule has 1 N–H and O–H groups in total. The Morgan fingerprint density at radius 2 is 1.84 bits per heavy atom. The van der Waals surface area contributed by atoms with Gasteiger partial charge in [0.2, 0.25) is 0 Å². The van der Waals surface area contributed by atoms with E-state index < -0.39 is 0 Å². The SMILES string of the molecule is COc1ccc(OC)c(CN2CCN(C(=O)NC[C@H]3COc4ccccc4O3)CC2)c1. The number of fused-ring (bicyclic) bond motifs is 1. The van der Waals surface area contributed by atoms with Crippen LogP contribution in [0.3, 0.4) is 0 Å². The summed E-state index contributed by atoms with van der Waals surface area (Å²) in [5.74, 6) is 3.12. The molecule has 0 aliphatic carbocycles. The van der Waals surface area contributed by atoms with E-state index in [1.165, 1.54) is 0 Å². The van der Waals surface area contributed by atoms with Crippen molar-refractivity contribution in [2.45, 2.75) is 12.6 Å². The summed E-state index contributed by atoms with van der Waals surface area (Å²) in [5.41, 5.74) is 1.08. The number of hydrogen-bond donors (Lipinski definition) is 1. The van der Waals surface area contributed by atoms with Gasteiger partial charge in [0.15, 0.2) is 17.6 Å². The van der Waals surface area contributed by atoms with E-state index in [2.05, 4.69) is 10.2 Å². The molecule has 31 heavy (non-hydrogen) atoms. The van der Waals surface area contributed by atoms with E-state index in [1.807, 2.05) is 47.4 Å². The highest BCUT2D eigenvalue weighted by atomic mass is 16.6. The number of piperazine rings is 1. The first-order chi connectivity index (χ1) is 15.2. The van der Waals surface area contributed by atoms with Gasteiger partial charge < -0.3 is 29.2 Å². The normalized spacial score (nSPS) is 18.4. The number of carbonyl (C=O) groups is 1. The van der Waals surface area contributed by atoms with Crippen LogP contribution < -0.4 is 24.3 Å². The molecule has 2 aliphatic rings. The predicted molar refractivity (Wildman–Crippen MR) is 116 cm³/mol. The van der Waals surface area contributed by atoms with Crippen LogP contribution in [0.4, 0.5) is 4.79 Å². The minimum absolute atomic E-state index is 0.0685. The molecule has 8 nitrogen and oxygen atoms in total. The van der Waals surface area contributed by atoms with Gasteiger partial charge in [-0.1, -0.05) is 12.1 Å². The Balaban J connectivity index is 1.23. The van der Waals surface area contributed by atoms with Gasteiger partial charge >= 0.3 is 6.03 Å². The summed E-state index contributed by atoms with van der Waals surface area (Å²) < 4.78 is 22.4. The van der Waals surface area contributed by atoms with Crippen LogP contribution in [0.5, 0.6) is 23.0 Å². The van der Waals surface area contributed by atoms with Crippen molar-refractivity contribution in [1.29, 1.82) is 0 Å². The maximum atomic E-state index is 12.6. The molecule has 0 unspecified atom stereocenters. The summed E-state index contributed by atoms with van der Waals surface area (Å²) in [7, 11) is 3.33. The Bertz CT molecular complexity index is 899. The number of nitrogens with one attached hydrogen (secondary N) is 1. The third-order valence-corrected chi connectivity index (χ3v) is 5.59. The van der Waals surface area contributed by atoms with Crippen molar-refractivity contribution in [3.8, 4) is 23.0 Å². The first kappa shape index (κ1) is 21.1. The van der Waals surface area contributed by atoms with Crippen LogP contribution in [0.1, 0.15) is 5.56 Å². The summed E-state index contributed by atoms with van der Waals surface area (Å²) in [6, 6.07) is 13.3. The molecule has 0 spiro atoms. The van der Waals surface area contributed by atoms with Gasteiger partial charge in [-0.2, -0.15) is 0 Å². The second-order valence-electron chi connectivity index (χ2n) is 7.62. The molecule has 2 aromatic carbocycles. The number of urea groups is 1. The fourth-order valence-corrected chi connectivity index (χ4v) is 3.83. The lowest BCUT2D eigenvalue weighted by molar-refractivity contribution is 0.0876. The first-order valence-electron chi connectivity index (χ1n) is 10.5. The van der Waals surface area contributed by atoms with E-state index in [0.29, 0.717) is 26.2 Å². The van der Waals surface area contributed by atoms with Crippen LogP contribution in [0.2, 0.25) is 0 Å². The average Bonchev–Trinajstić information content (AvgIpc) is 2.82. The van der Waals surface area contributed by atoms with Gasteiger partial charge in [0.1, 0.15) is 18.1 Å². The molecular formula is C23H29N3O5. The summed E-state index contributed by atoms with van der Waals surface area (Å²) in [6.07, 6.45) is -0.194. The Morgan fingerprint density at radius 3 is 2.58 bits per heavy atom. The van der Waals surface area contributed by atoms with E-state index >= 15 is 0 Å². The number of methoxy groups -OCH3 is 2. The zero-order valence-electron chi connectivity index (χ0n) is 18.0. The number of ether oxygens (including phenoxy) is 4. The first-order valence-corrected chi connectivity index (χ1v) is 10.5. The molecule has 2 heterocycles. The van der Waals surface area contributed by atoms with Crippen LogP contribution in [0, 0.1) is 0 Å². The lowest BCUT2D eigenvalue weighted by Gasteiger charge is -2.35. The van der Waals surface area contributed by atoms with Crippen molar-refractivity contribution in [3.05, 3.63) is 48.0 Å². The Kier molecular flexibility index (Phi) is 6.66. The molecule has 2 aromatic rings. The molecule has 1 saturated heterocycles. The lowest BCUT2D eigenvalue weighted by atomic mass is 10.1. The minimum Gasteiger partial charge on any atom is -0.497 e. The summed E-state index contributed by atoms with van der Waals surface area (Å²) >= 11 is 0. The number of rotatable bonds is 6. The highest BCUT2D eigenvalue weighted by Crippen LogP contribution is 2.30. The highest BCUT2D eigenvalue weighted by Gasteiger charge is 2.25. The van der Waals surface area contributed by atoms with E-state index in [1.54, 1.807) is 14.2 Å². The molecule has 4 rings (SSSR count). The van der Waals surface area contributed by atoms with Crippen LogP contribution >= 0.6 is 0 Å². The van der Waals surface area contributed by atoms with Crippen molar-refractivity contribution in [2.75, 3.05) is 53.6 Å². The van der Waals surface area contributed by atoms with Crippen molar-refractivity contribution in [1.82, 2.24) is 15.1 Å². The van der Waals surface area contributed by atoms with Gasteiger partial charge in [0, 0.05) is 38.3 Å². The van der Waals surface area contributed by atoms with Crippen LogP contribution in [-0.4, -0.2) is 75.5 Å². The topological polar surface area (TPSA) is 72.5 Å². The van der Waals surface area contributed by atoms with E-state index in [9.17, 15) is 4.79 Å². The van der Waals surface area contributed by atoms with Crippen molar-refractivity contribution >= 4 is 6.03 Å². The monoisotopic (exact) mass is 427 g/mol. The fraction of sp³-hybridized carbons (Fsp3) is 0.435. The maximum Gasteiger partial charge on any atom is 0.317 e. The average molecular weight is 428 g/mol. The van der Waals surface area contributed by atoms with Gasteiger partial charge in [0.05, 0.1) is 20.8 Å². The second kappa shape index (κ2) is 9.78. The zero-order chi connectivity index (χ0) is 21.6. The Hall–Kier alpha value is -3.13. The molecule has 8 heteroatoms. The third-order valence-electron chi connectivity index (χ3n) is 5.59. The molecule has 166 valence electrons. The van der Waals surface area contributed by atoms with Crippen LogP contribution in [0.25, 0.3) is 0 Å². The van der Waals surface area contributed by atoms with Crippen LogP contribution in [0.15, 0.2) is 42.5 Å². The van der Waals surface area contributed by atoms with Gasteiger partial charge in [-0.15, -0.1) is 0 Å². The standard InChI is InChI=1S/C23H29N3O5/c1-28-18-7-8-20(29-2)17(13-18)15-25-9-11-26(12-10-25)23(27)24-14-19-16-30-21-5-3-4-6-22(21)31-19/h3-8,13,19H,9-12,14-16H2,1-2H3,(H,24,27)/t19-/m0/s1. The van der Waals surface area contributed by atoms with E-state index in [0.717, 1.165) is 48.2 Å². The fourth-order valence-electron chi connectivity index (χ4n) is 3.83. The third kappa shape index (κ3) is 5.14. The molecule has 1 fully saturated rings. The smallest absolute Gasteiger partial charge is 0.317 e. The lowest BCUT2D eigenvalue weighted by Crippen LogP contribution is -2.53. The molecular weight excluding hydrogens is 398 g/mol. The van der Waals surface area contributed by atoms with Crippen molar-refractivity contribution in [3.63, 3.8) is 0 Å². The molecule has 0 saturated carbocycles. The molecule has 1 atom stereocenters. The number of para-hydroxylation sites is 2. The van der Waals surface area contributed by atoms with Gasteiger partial charge in [-0.05, 0) is 30.3 Å². The highest BCUT2D eigenvalue weighted by molar-refractivity contribution is 5.74. The van der Waals surface area contributed by atoms with Crippen LogP contribution in [-0.2, 0) is 6.54 Å². The largest absolute Gasteiger partial charge is 0.497 e. The molecule has 0 aromatic heterocycles. The van der Waals surface area contributed by atoms with Gasteiger partial charge in [-0.25, -0.2) is 4.79 Å². The maximum absolute atomic E-state index is 12.6. The second-order valence-corrected chi connectivity index (χ2v) is 7.62. The molecule has 2 amide bonds. The molecule has 0 radical (unpaired) electrons. The summed E-state index contributed by atoms with van der Waals surface area (Å²) in [5, 5.41) is 2.98. The summed E-state index contributed by atoms with van der Waals surface area (Å²) in [6.45, 7) is 4.52. The minimum atomic E-state index is -0.194. The van der Waals surface area contributed by atoms with Gasteiger partial charge in [-0.3, -0.25) is 4.90 Å². The Morgan fingerprint density at radius 1 is 1.06 bits per heavy atom. The van der Waals surface area contributed by atoms with E-state index in [-0.39, 0.29) is 12.1 Å². The number of hydrogen-bond acceptors (Lipinski definition) is 6. The number of amides is 2. The predicted octanol–water partition coefficient (Wildman–Crippen LogP) is 2.37. The van der Waals surface area contributed by atoms with Gasteiger partial charge in [0.25, 0.3) is 0 Å². The summed E-state index contributed by atoms with van der Waals surface area (Å²) in [4.78, 5) is 16.8. The molecule has 2 aliphatic heterocycles. The van der Waals surface area contributed by atoms with Crippen molar-refractivity contribution < 1.29 is 23.7 Å². The molecule has 0 bridgehead atoms. The van der Waals surface area contributed by atoms with Crippen molar-refractivity contribution in [2.24, 2.45) is 0 Å². The zero-order valence-corrected chi connectivity index (χ0v) is 18.0. The quantitative estimate of drug-likeness (QED) is 0.763. The number of nitrogens with zero attached hydrogens (tertiary/aromatic N) is 2. The number of benzene rings is 2. The van der Waals surface area contributed by atoms with E-state index in [4.69, 9.17) is 18.9 Å².